The number of thiazole rings is 1. The van der Waals surface area contributed by atoms with E-state index in [4.69, 9.17) is 5.11 Å². The molecule has 2 heterocycles. The molecule has 0 saturated carbocycles. The Bertz CT molecular complexity index is 345. The average molecular weight is 254 g/mol. The Morgan fingerprint density at radius 2 is 2.24 bits per heavy atom. The van der Waals surface area contributed by atoms with Gasteiger partial charge in [-0.25, -0.2) is 4.98 Å². The van der Waals surface area contributed by atoms with Crippen molar-refractivity contribution < 1.29 is 5.11 Å². The molecule has 0 amide bonds. The summed E-state index contributed by atoms with van der Waals surface area (Å²) in [6.45, 7) is 8.06. The van der Waals surface area contributed by atoms with Gasteiger partial charge in [-0.3, -0.25) is 0 Å². The lowest BCUT2D eigenvalue weighted by Gasteiger charge is -2.29. The molecule has 1 aromatic heterocycles. The molecule has 1 atom stereocenters. The van der Waals surface area contributed by atoms with Crippen LogP contribution in [-0.4, -0.2) is 41.2 Å². The maximum atomic E-state index is 9.15. The highest BCUT2D eigenvalue weighted by molar-refractivity contribution is 7.11. The Morgan fingerprint density at radius 3 is 2.82 bits per heavy atom. The lowest BCUT2D eigenvalue weighted by Crippen LogP contribution is -2.32. The first-order valence-corrected chi connectivity index (χ1v) is 7.35. The standard InChI is InChI=1S/C13H22N2OS/c1-3-15-6-4-11(5-7-15)13-14-8-12(17-13)10(2)9-16/h8,10-11,16H,3-7,9H2,1-2H3. The first-order chi connectivity index (χ1) is 8.24. The fourth-order valence-corrected chi connectivity index (χ4v) is 3.43. The number of hydrogen-bond donors (Lipinski definition) is 1. The van der Waals surface area contributed by atoms with E-state index in [0.717, 1.165) is 6.54 Å². The summed E-state index contributed by atoms with van der Waals surface area (Å²) in [6, 6.07) is 0. The van der Waals surface area contributed by atoms with E-state index in [1.54, 1.807) is 11.3 Å². The Labute approximate surface area is 107 Å². The Hall–Kier alpha value is -0.450. The minimum absolute atomic E-state index is 0.218. The normalized spacial score (nSPS) is 20.6. The summed E-state index contributed by atoms with van der Waals surface area (Å²) in [6.07, 6.45) is 4.41. The van der Waals surface area contributed by atoms with Crippen LogP contribution < -0.4 is 0 Å². The van der Waals surface area contributed by atoms with E-state index in [1.165, 1.54) is 35.8 Å². The molecule has 1 fully saturated rings. The number of aromatic nitrogens is 1. The van der Waals surface area contributed by atoms with Crippen molar-refractivity contribution in [2.45, 2.75) is 38.5 Å². The first-order valence-electron chi connectivity index (χ1n) is 6.53. The van der Waals surface area contributed by atoms with Crippen LogP contribution in [-0.2, 0) is 0 Å². The van der Waals surface area contributed by atoms with Gasteiger partial charge in [-0.15, -0.1) is 11.3 Å². The largest absolute Gasteiger partial charge is 0.396 e. The summed E-state index contributed by atoms with van der Waals surface area (Å²) in [4.78, 5) is 8.27. The van der Waals surface area contributed by atoms with Gasteiger partial charge < -0.3 is 10.0 Å². The highest BCUT2D eigenvalue weighted by atomic mass is 32.1. The number of rotatable bonds is 4. The van der Waals surface area contributed by atoms with Gasteiger partial charge in [-0.1, -0.05) is 13.8 Å². The number of nitrogens with zero attached hydrogens (tertiary/aromatic N) is 2. The first kappa shape index (κ1) is 13.0. The molecule has 0 radical (unpaired) electrons. The van der Waals surface area contributed by atoms with Crippen LogP contribution in [0, 0.1) is 0 Å². The van der Waals surface area contributed by atoms with Gasteiger partial charge in [0.15, 0.2) is 0 Å². The van der Waals surface area contributed by atoms with Crippen molar-refractivity contribution in [3.05, 3.63) is 16.1 Å². The molecule has 1 N–H and O–H groups in total. The molecule has 1 saturated heterocycles. The lowest BCUT2D eigenvalue weighted by atomic mass is 9.98. The molecule has 17 heavy (non-hydrogen) atoms. The number of aliphatic hydroxyl groups is 1. The molecule has 96 valence electrons. The SMILES string of the molecule is CCN1CCC(c2ncc(C(C)CO)s2)CC1. The fourth-order valence-electron chi connectivity index (χ4n) is 2.30. The number of piperidine rings is 1. The molecule has 3 nitrogen and oxygen atoms in total. The van der Waals surface area contributed by atoms with Crippen molar-refractivity contribution >= 4 is 11.3 Å². The van der Waals surface area contributed by atoms with Crippen molar-refractivity contribution in [3.8, 4) is 0 Å². The highest BCUT2D eigenvalue weighted by Crippen LogP contribution is 2.33. The van der Waals surface area contributed by atoms with Crippen LogP contribution in [0.5, 0.6) is 0 Å². The van der Waals surface area contributed by atoms with Crippen LogP contribution in [0.4, 0.5) is 0 Å². The molecule has 4 heteroatoms. The zero-order valence-corrected chi connectivity index (χ0v) is 11.5. The smallest absolute Gasteiger partial charge is 0.0959 e. The van der Waals surface area contributed by atoms with Crippen molar-refractivity contribution in [1.29, 1.82) is 0 Å². The molecule has 1 aliphatic heterocycles. The van der Waals surface area contributed by atoms with E-state index in [-0.39, 0.29) is 12.5 Å². The maximum absolute atomic E-state index is 9.15. The Morgan fingerprint density at radius 1 is 1.53 bits per heavy atom. The molecular weight excluding hydrogens is 232 g/mol. The zero-order valence-electron chi connectivity index (χ0n) is 10.7. The third-order valence-corrected chi connectivity index (χ3v) is 5.08. The van der Waals surface area contributed by atoms with E-state index in [2.05, 4.69) is 23.7 Å². The van der Waals surface area contributed by atoms with Crippen molar-refractivity contribution in [3.63, 3.8) is 0 Å². The fraction of sp³-hybridized carbons (Fsp3) is 0.769. The molecule has 0 spiro atoms. The third-order valence-electron chi connectivity index (χ3n) is 3.69. The summed E-state index contributed by atoms with van der Waals surface area (Å²) < 4.78 is 0. The second-order valence-electron chi connectivity index (χ2n) is 4.89. The summed E-state index contributed by atoms with van der Waals surface area (Å²) in [5, 5.41) is 10.4. The van der Waals surface area contributed by atoms with Gasteiger partial charge in [-0.05, 0) is 32.5 Å². The highest BCUT2D eigenvalue weighted by Gasteiger charge is 2.22. The molecule has 2 rings (SSSR count). The second kappa shape index (κ2) is 5.94. The quantitative estimate of drug-likeness (QED) is 0.896. The second-order valence-corrected chi connectivity index (χ2v) is 5.99. The van der Waals surface area contributed by atoms with Crippen molar-refractivity contribution in [1.82, 2.24) is 9.88 Å². The van der Waals surface area contributed by atoms with Gasteiger partial charge in [0.1, 0.15) is 0 Å². The summed E-state index contributed by atoms with van der Waals surface area (Å²) in [5.41, 5.74) is 0. The minimum Gasteiger partial charge on any atom is -0.396 e. The third kappa shape index (κ3) is 3.06. The molecule has 0 aliphatic carbocycles. The number of hydrogen-bond acceptors (Lipinski definition) is 4. The zero-order chi connectivity index (χ0) is 12.3. The molecule has 1 aromatic rings. The molecular formula is C13H22N2OS. The van der Waals surface area contributed by atoms with Crippen LogP contribution in [0.2, 0.25) is 0 Å². The van der Waals surface area contributed by atoms with E-state index in [1.807, 2.05) is 6.20 Å². The van der Waals surface area contributed by atoms with Gasteiger partial charge >= 0.3 is 0 Å². The van der Waals surface area contributed by atoms with Gasteiger partial charge in [0.05, 0.1) is 11.6 Å². The van der Waals surface area contributed by atoms with Gasteiger partial charge in [0.25, 0.3) is 0 Å². The monoisotopic (exact) mass is 254 g/mol. The Kier molecular flexibility index (Phi) is 4.54. The molecule has 1 unspecified atom stereocenters. The van der Waals surface area contributed by atoms with Crippen molar-refractivity contribution in [2.75, 3.05) is 26.2 Å². The Balaban J connectivity index is 1.97. The lowest BCUT2D eigenvalue weighted by molar-refractivity contribution is 0.222. The predicted octanol–water partition coefficient (Wildman–Crippen LogP) is 2.44. The van der Waals surface area contributed by atoms with Crippen LogP contribution in [0.3, 0.4) is 0 Å². The topological polar surface area (TPSA) is 36.4 Å². The van der Waals surface area contributed by atoms with Gasteiger partial charge in [0.2, 0.25) is 0 Å². The van der Waals surface area contributed by atoms with Gasteiger partial charge in [-0.2, -0.15) is 0 Å². The van der Waals surface area contributed by atoms with Crippen LogP contribution in [0.15, 0.2) is 6.20 Å². The molecule has 0 bridgehead atoms. The predicted molar refractivity (Wildman–Crippen MR) is 71.7 cm³/mol. The van der Waals surface area contributed by atoms with Crippen molar-refractivity contribution in [2.24, 2.45) is 0 Å². The van der Waals surface area contributed by atoms with Crippen LogP contribution in [0.1, 0.15) is 48.4 Å². The minimum atomic E-state index is 0.218. The van der Waals surface area contributed by atoms with Crippen LogP contribution >= 0.6 is 11.3 Å². The van der Waals surface area contributed by atoms with Crippen LogP contribution in [0.25, 0.3) is 0 Å². The summed E-state index contributed by atoms with van der Waals surface area (Å²) in [7, 11) is 0. The van der Waals surface area contributed by atoms with E-state index >= 15 is 0 Å². The molecule has 1 aliphatic rings. The van der Waals surface area contributed by atoms with E-state index < -0.39 is 0 Å². The summed E-state index contributed by atoms with van der Waals surface area (Å²) in [5.74, 6) is 0.874. The van der Waals surface area contributed by atoms with Gasteiger partial charge in [0, 0.05) is 22.9 Å². The maximum Gasteiger partial charge on any atom is 0.0959 e. The summed E-state index contributed by atoms with van der Waals surface area (Å²) >= 11 is 1.79. The number of likely N-dealkylation sites (tertiary alicyclic amines) is 1. The average Bonchev–Trinajstić information content (AvgIpc) is 2.87. The van der Waals surface area contributed by atoms with E-state index in [9.17, 15) is 0 Å². The molecule has 0 aromatic carbocycles. The number of aliphatic hydroxyl groups excluding tert-OH is 1. The van der Waals surface area contributed by atoms with E-state index in [0.29, 0.717) is 5.92 Å².